The SMILES string of the molecule is CC(C)(CNCC1CCCO1)c1ccc(N)cc1. The molecule has 0 aliphatic carbocycles. The van der Waals surface area contributed by atoms with Gasteiger partial charge in [0, 0.05) is 30.8 Å². The summed E-state index contributed by atoms with van der Waals surface area (Å²) in [5.74, 6) is 0. The van der Waals surface area contributed by atoms with E-state index >= 15 is 0 Å². The first-order valence-electron chi connectivity index (χ1n) is 6.76. The van der Waals surface area contributed by atoms with Crippen LogP contribution in [-0.2, 0) is 10.2 Å². The number of benzene rings is 1. The second kappa shape index (κ2) is 5.72. The van der Waals surface area contributed by atoms with Crippen molar-refractivity contribution in [1.29, 1.82) is 0 Å². The summed E-state index contributed by atoms with van der Waals surface area (Å²) in [5, 5.41) is 3.52. The molecule has 0 bridgehead atoms. The van der Waals surface area contributed by atoms with E-state index in [2.05, 4.69) is 31.3 Å². The van der Waals surface area contributed by atoms with E-state index in [1.807, 2.05) is 12.1 Å². The molecule has 3 N–H and O–H groups in total. The maximum absolute atomic E-state index is 5.72. The Balaban J connectivity index is 1.84. The average Bonchev–Trinajstić information content (AvgIpc) is 2.82. The van der Waals surface area contributed by atoms with Crippen molar-refractivity contribution >= 4 is 5.69 Å². The predicted octanol–water partition coefficient (Wildman–Crippen LogP) is 2.32. The lowest BCUT2D eigenvalue weighted by molar-refractivity contribution is 0.109. The molecule has 0 radical (unpaired) electrons. The van der Waals surface area contributed by atoms with Gasteiger partial charge in [0.05, 0.1) is 6.10 Å². The highest BCUT2D eigenvalue weighted by Gasteiger charge is 2.21. The number of nitrogen functional groups attached to an aromatic ring is 1. The average molecular weight is 248 g/mol. The zero-order chi connectivity index (χ0) is 13.0. The fraction of sp³-hybridized carbons (Fsp3) is 0.600. The van der Waals surface area contributed by atoms with Crippen LogP contribution in [-0.4, -0.2) is 25.8 Å². The molecule has 1 aliphatic rings. The lowest BCUT2D eigenvalue weighted by Crippen LogP contribution is -2.37. The van der Waals surface area contributed by atoms with E-state index in [9.17, 15) is 0 Å². The van der Waals surface area contributed by atoms with Crippen LogP contribution in [0.1, 0.15) is 32.3 Å². The van der Waals surface area contributed by atoms with Crippen LogP contribution in [0.4, 0.5) is 5.69 Å². The minimum atomic E-state index is 0.117. The Hall–Kier alpha value is -1.06. The number of nitrogens with two attached hydrogens (primary N) is 1. The molecule has 1 heterocycles. The van der Waals surface area contributed by atoms with Gasteiger partial charge in [0.25, 0.3) is 0 Å². The zero-order valence-corrected chi connectivity index (χ0v) is 11.4. The maximum Gasteiger partial charge on any atom is 0.0700 e. The molecule has 1 fully saturated rings. The van der Waals surface area contributed by atoms with Gasteiger partial charge in [0.1, 0.15) is 0 Å². The van der Waals surface area contributed by atoms with Gasteiger partial charge in [-0.05, 0) is 30.5 Å². The summed E-state index contributed by atoms with van der Waals surface area (Å²) >= 11 is 0. The Morgan fingerprint density at radius 1 is 1.33 bits per heavy atom. The highest BCUT2D eigenvalue weighted by molar-refractivity contribution is 5.41. The molecule has 1 atom stereocenters. The topological polar surface area (TPSA) is 47.3 Å². The van der Waals surface area contributed by atoms with E-state index in [0.29, 0.717) is 6.10 Å². The fourth-order valence-electron chi connectivity index (χ4n) is 2.39. The van der Waals surface area contributed by atoms with Crippen LogP contribution < -0.4 is 11.1 Å². The molecule has 1 saturated heterocycles. The van der Waals surface area contributed by atoms with Crippen LogP contribution in [0.2, 0.25) is 0 Å². The van der Waals surface area contributed by atoms with Gasteiger partial charge >= 0.3 is 0 Å². The standard InChI is InChI=1S/C15H24N2O/c1-15(2,12-5-7-13(16)8-6-12)11-17-10-14-4-3-9-18-14/h5-8,14,17H,3-4,9-11,16H2,1-2H3. The summed E-state index contributed by atoms with van der Waals surface area (Å²) < 4.78 is 5.61. The summed E-state index contributed by atoms with van der Waals surface area (Å²) in [4.78, 5) is 0. The van der Waals surface area contributed by atoms with E-state index in [-0.39, 0.29) is 5.41 Å². The molecular formula is C15H24N2O. The van der Waals surface area contributed by atoms with Crippen LogP contribution in [0.25, 0.3) is 0 Å². The maximum atomic E-state index is 5.72. The van der Waals surface area contributed by atoms with Crippen LogP contribution in [0, 0.1) is 0 Å². The smallest absolute Gasteiger partial charge is 0.0700 e. The summed E-state index contributed by atoms with van der Waals surface area (Å²) in [6, 6.07) is 8.17. The van der Waals surface area contributed by atoms with Crippen molar-refractivity contribution in [2.75, 3.05) is 25.4 Å². The largest absolute Gasteiger partial charge is 0.399 e. The van der Waals surface area contributed by atoms with Crippen molar-refractivity contribution in [1.82, 2.24) is 5.32 Å². The molecule has 1 unspecified atom stereocenters. The van der Waals surface area contributed by atoms with Gasteiger partial charge in [0.2, 0.25) is 0 Å². The van der Waals surface area contributed by atoms with Crippen molar-refractivity contribution in [3.8, 4) is 0 Å². The second-order valence-corrected chi connectivity index (χ2v) is 5.77. The van der Waals surface area contributed by atoms with E-state index < -0.39 is 0 Å². The number of ether oxygens (including phenoxy) is 1. The number of hydrogen-bond donors (Lipinski definition) is 2. The van der Waals surface area contributed by atoms with Gasteiger partial charge in [-0.1, -0.05) is 26.0 Å². The van der Waals surface area contributed by atoms with Crippen molar-refractivity contribution in [2.45, 2.75) is 38.2 Å². The van der Waals surface area contributed by atoms with Crippen molar-refractivity contribution in [3.05, 3.63) is 29.8 Å². The minimum absolute atomic E-state index is 0.117. The first-order chi connectivity index (χ1) is 8.58. The van der Waals surface area contributed by atoms with E-state index in [0.717, 1.165) is 25.4 Å². The molecule has 2 rings (SSSR count). The number of anilines is 1. The lowest BCUT2D eigenvalue weighted by atomic mass is 9.84. The minimum Gasteiger partial charge on any atom is -0.399 e. The molecule has 0 saturated carbocycles. The lowest BCUT2D eigenvalue weighted by Gasteiger charge is -2.26. The third-order valence-electron chi connectivity index (χ3n) is 3.66. The van der Waals surface area contributed by atoms with Gasteiger partial charge in [0.15, 0.2) is 0 Å². The summed E-state index contributed by atoms with van der Waals surface area (Å²) in [6.07, 6.45) is 2.80. The highest BCUT2D eigenvalue weighted by atomic mass is 16.5. The molecule has 18 heavy (non-hydrogen) atoms. The molecule has 1 aromatic carbocycles. The summed E-state index contributed by atoms with van der Waals surface area (Å²) in [5.41, 5.74) is 7.98. The Labute approximate surface area is 110 Å². The Kier molecular flexibility index (Phi) is 4.25. The van der Waals surface area contributed by atoms with Gasteiger partial charge in [-0.2, -0.15) is 0 Å². The fourth-order valence-corrected chi connectivity index (χ4v) is 2.39. The van der Waals surface area contributed by atoms with Crippen molar-refractivity contribution < 1.29 is 4.74 Å². The Bertz CT molecular complexity index is 367. The normalized spacial score (nSPS) is 20.2. The highest BCUT2D eigenvalue weighted by Crippen LogP contribution is 2.23. The van der Waals surface area contributed by atoms with Gasteiger partial charge in [-0.25, -0.2) is 0 Å². The van der Waals surface area contributed by atoms with Crippen LogP contribution in [0.15, 0.2) is 24.3 Å². The third kappa shape index (κ3) is 3.47. The Morgan fingerprint density at radius 2 is 2.06 bits per heavy atom. The van der Waals surface area contributed by atoms with E-state index in [1.165, 1.54) is 18.4 Å². The summed E-state index contributed by atoms with van der Waals surface area (Å²) in [7, 11) is 0. The molecule has 3 nitrogen and oxygen atoms in total. The summed E-state index contributed by atoms with van der Waals surface area (Å²) in [6.45, 7) is 7.34. The van der Waals surface area contributed by atoms with E-state index in [1.54, 1.807) is 0 Å². The van der Waals surface area contributed by atoms with Gasteiger partial charge in [-0.3, -0.25) is 0 Å². The molecule has 0 spiro atoms. The Morgan fingerprint density at radius 3 is 2.67 bits per heavy atom. The second-order valence-electron chi connectivity index (χ2n) is 5.77. The molecule has 100 valence electrons. The van der Waals surface area contributed by atoms with E-state index in [4.69, 9.17) is 10.5 Å². The van der Waals surface area contributed by atoms with Crippen LogP contribution in [0.3, 0.4) is 0 Å². The molecule has 0 aromatic heterocycles. The number of nitrogens with one attached hydrogen (secondary N) is 1. The van der Waals surface area contributed by atoms with Crippen LogP contribution >= 0.6 is 0 Å². The monoisotopic (exact) mass is 248 g/mol. The quantitative estimate of drug-likeness (QED) is 0.786. The van der Waals surface area contributed by atoms with Crippen LogP contribution in [0.5, 0.6) is 0 Å². The molecule has 1 aliphatic heterocycles. The number of hydrogen-bond acceptors (Lipinski definition) is 3. The first kappa shape index (κ1) is 13.4. The molecular weight excluding hydrogens is 224 g/mol. The molecule has 0 amide bonds. The zero-order valence-electron chi connectivity index (χ0n) is 11.4. The van der Waals surface area contributed by atoms with Crippen molar-refractivity contribution in [2.24, 2.45) is 0 Å². The molecule has 1 aromatic rings. The molecule has 3 heteroatoms. The number of rotatable bonds is 5. The predicted molar refractivity (Wildman–Crippen MR) is 75.7 cm³/mol. The van der Waals surface area contributed by atoms with Crippen molar-refractivity contribution in [3.63, 3.8) is 0 Å². The van der Waals surface area contributed by atoms with Gasteiger partial charge in [-0.15, -0.1) is 0 Å². The first-order valence-corrected chi connectivity index (χ1v) is 6.76. The van der Waals surface area contributed by atoms with Gasteiger partial charge < -0.3 is 15.8 Å². The third-order valence-corrected chi connectivity index (χ3v) is 3.66.